The molecule has 23 heavy (non-hydrogen) atoms. The molecule has 1 fully saturated rings. The second kappa shape index (κ2) is 7.18. The maximum atomic E-state index is 12.2. The molecule has 1 atom stereocenters. The van der Waals surface area contributed by atoms with E-state index in [0.717, 1.165) is 18.8 Å². The lowest BCUT2D eigenvalue weighted by atomic mass is 10.2. The molecule has 1 aliphatic rings. The summed E-state index contributed by atoms with van der Waals surface area (Å²) in [7, 11) is 0. The van der Waals surface area contributed by atoms with Gasteiger partial charge in [0.05, 0.1) is 0 Å². The summed E-state index contributed by atoms with van der Waals surface area (Å²) in [6, 6.07) is 17.4. The Kier molecular flexibility index (Phi) is 4.81. The van der Waals surface area contributed by atoms with E-state index in [0.29, 0.717) is 5.75 Å². The maximum absolute atomic E-state index is 12.2. The first-order valence-electron chi connectivity index (χ1n) is 8.10. The van der Waals surface area contributed by atoms with Crippen LogP contribution in [-0.4, -0.2) is 25.1 Å². The van der Waals surface area contributed by atoms with Crippen molar-refractivity contribution < 1.29 is 9.53 Å². The Bertz CT molecular complexity index is 634. The van der Waals surface area contributed by atoms with Crippen molar-refractivity contribution in [2.45, 2.75) is 25.9 Å². The van der Waals surface area contributed by atoms with Crippen LogP contribution in [-0.2, 0) is 4.79 Å². The molecule has 0 saturated carbocycles. The van der Waals surface area contributed by atoms with Gasteiger partial charge in [-0.1, -0.05) is 18.2 Å². The number of ether oxygens (including phenoxy) is 1. The molecule has 0 unspecified atom stereocenters. The van der Waals surface area contributed by atoms with Gasteiger partial charge in [0.25, 0.3) is 5.91 Å². The number of hydrogen-bond acceptors (Lipinski definition) is 3. The highest BCUT2D eigenvalue weighted by molar-refractivity contribution is 5.94. The largest absolute Gasteiger partial charge is 0.481 e. The van der Waals surface area contributed by atoms with Crippen molar-refractivity contribution in [2.24, 2.45) is 0 Å². The first-order chi connectivity index (χ1) is 11.2. The lowest BCUT2D eigenvalue weighted by molar-refractivity contribution is -0.122. The molecule has 2 aromatic carbocycles. The van der Waals surface area contributed by atoms with Crippen LogP contribution in [0.3, 0.4) is 0 Å². The monoisotopic (exact) mass is 310 g/mol. The summed E-state index contributed by atoms with van der Waals surface area (Å²) in [5, 5.41) is 2.90. The molecule has 0 aliphatic carbocycles. The fourth-order valence-corrected chi connectivity index (χ4v) is 2.73. The normalized spacial score (nSPS) is 15.3. The van der Waals surface area contributed by atoms with Crippen molar-refractivity contribution in [1.82, 2.24) is 0 Å². The minimum Gasteiger partial charge on any atom is -0.481 e. The van der Waals surface area contributed by atoms with Gasteiger partial charge in [-0.2, -0.15) is 0 Å². The number of benzene rings is 2. The molecule has 0 radical (unpaired) electrons. The highest BCUT2D eigenvalue weighted by Crippen LogP contribution is 2.22. The Labute approximate surface area is 137 Å². The smallest absolute Gasteiger partial charge is 0.265 e. The van der Waals surface area contributed by atoms with Crippen LogP contribution in [0.1, 0.15) is 19.8 Å². The fourth-order valence-electron chi connectivity index (χ4n) is 2.73. The maximum Gasteiger partial charge on any atom is 0.265 e. The van der Waals surface area contributed by atoms with Crippen molar-refractivity contribution in [2.75, 3.05) is 23.3 Å². The zero-order chi connectivity index (χ0) is 16.1. The fraction of sp³-hybridized carbons (Fsp3) is 0.316. The minimum atomic E-state index is -0.546. The Morgan fingerprint density at radius 3 is 2.35 bits per heavy atom. The van der Waals surface area contributed by atoms with E-state index in [4.69, 9.17) is 4.74 Å². The molecule has 1 aliphatic heterocycles. The second-order valence-electron chi connectivity index (χ2n) is 5.80. The van der Waals surface area contributed by atoms with Crippen LogP contribution in [0.15, 0.2) is 54.6 Å². The number of rotatable bonds is 5. The predicted octanol–water partition coefficient (Wildman–Crippen LogP) is 3.69. The highest BCUT2D eigenvalue weighted by atomic mass is 16.5. The van der Waals surface area contributed by atoms with E-state index in [9.17, 15) is 4.79 Å². The number of para-hydroxylation sites is 1. The summed E-state index contributed by atoms with van der Waals surface area (Å²) < 4.78 is 5.63. The van der Waals surface area contributed by atoms with E-state index in [-0.39, 0.29) is 5.91 Å². The standard InChI is InChI=1S/C19H22N2O2/c1-15(23-18-7-3-2-4-8-18)19(22)20-16-9-11-17(12-10-16)21-13-5-6-14-21/h2-4,7-12,15H,5-6,13-14H2,1H3,(H,20,22)/t15-/m0/s1. The van der Waals surface area contributed by atoms with E-state index in [1.54, 1.807) is 6.92 Å². The zero-order valence-electron chi connectivity index (χ0n) is 13.4. The van der Waals surface area contributed by atoms with Gasteiger partial charge in [-0.05, 0) is 56.2 Å². The number of nitrogens with zero attached hydrogens (tertiary/aromatic N) is 1. The highest BCUT2D eigenvalue weighted by Gasteiger charge is 2.15. The topological polar surface area (TPSA) is 41.6 Å². The molecule has 120 valence electrons. The van der Waals surface area contributed by atoms with Crippen LogP contribution in [0.2, 0.25) is 0 Å². The van der Waals surface area contributed by atoms with Gasteiger partial charge in [-0.15, -0.1) is 0 Å². The second-order valence-corrected chi connectivity index (χ2v) is 5.80. The molecular weight excluding hydrogens is 288 g/mol. The van der Waals surface area contributed by atoms with E-state index < -0.39 is 6.10 Å². The Morgan fingerprint density at radius 1 is 1.04 bits per heavy atom. The van der Waals surface area contributed by atoms with Crippen LogP contribution in [0.5, 0.6) is 5.75 Å². The Morgan fingerprint density at radius 2 is 1.70 bits per heavy atom. The quantitative estimate of drug-likeness (QED) is 0.915. The Balaban J connectivity index is 1.56. The molecule has 3 rings (SSSR count). The van der Waals surface area contributed by atoms with Crippen LogP contribution < -0.4 is 15.0 Å². The number of amides is 1. The van der Waals surface area contributed by atoms with Crippen LogP contribution in [0, 0.1) is 0 Å². The number of carbonyl (C=O) groups excluding carboxylic acids is 1. The molecule has 0 aromatic heterocycles. The third-order valence-corrected chi connectivity index (χ3v) is 4.03. The lowest BCUT2D eigenvalue weighted by Crippen LogP contribution is -2.30. The van der Waals surface area contributed by atoms with E-state index >= 15 is 0 Å². The number of nitrogens with one attached hydrogen (secondary N) is 1. The molecule has 1 saturated heterocycles. The van der Waals surface area contributed by atoms with Gasteiger partial charge < -0.3 is 15.0 Å². The summed E-state index contributed by atoms with van der Waals surface area (Å²) in [6.45, 7) is 3.99. The number of carbonyl (C=O) groups is 1. The van der Waals surface area contributed by atoms with Gasteiger partial charge in [-0.25, -0.2) is 0 Å². The molecular formula is C19H22N2O2. The van der Waals surface area contributed by atoms with E-state index in [1.165, 1.54) is 18.5 Å². The van der Waals surface area contributed by atoms with Crippen molar-refractivity contribution >= 4 is 17.3 Å². The Hall–Kier alpha value is -2.49. The van der Waals surface area contributed by atoms with Crippen LogP contribution >= 0.6 is 0 Å². The molecule has 2 aromatic rings. The minimum absolute atomic E-state index is 0.150. The van der Waals surface area contributed by atoms with Crippen molar-refractivity contribution in [3.63, 3.8) is 0 Å². The van der Waals surface area contributed by atoms with Gasteiger partial charge in [0.1, 0.15) is 5.75 Å². The molecule has 1 N–H and O–H groups in total. The average Bonchev–Trinajstić information content (AvgIpc) is 3.11. The molecule has 0 spiro atoms. The molecule has 0 bridgehead atoms. The first-order valence-corrected chi connectivity index (χ1v) is 8.10. The number of hydrogen-bond donors (Lipinski definition) is 1. The predicted molar refractivity (Wildman–Crippen MR) is 93.1 cm³/mol. The third kappa shape index (κ3) is 4.03. The summed E-state index contributed by atoms with van der Waals surface area (Å²) in [6.07, 6.45) is 1.97. The zero-order valence-corrected chi connectivity index (χ0v) is 13.4. The van der Waals surface area contributed by atoms with Crippen molar-refractivity contribution in [3.05, 3.63) is 54.6 Å². The third-order valence-electron chi connectivity index (χ3n) is 4.03. The van der Waals surface area contributed by atoms with Crippen LogP contribution in [0.25, 0.3) is 0 Å². The first kappa shape index (κ1) is 15.4. The summed E-state index contributed by atoms with van der Waals surface area (Å²) >= 11 is 0. The molecule has 1 amide bonds. The summed E-state index contributed by atoms with van der Waals surface area (Å²) in [5.74, 6) is 0.544. The number of anilines is 2. The van der Waals surface area contributed by atoms with Crippen molar-refractivity contribution in [1.29, 1.82) is 0 Å². The average molecular weight is 310 g/mol. The van der Waals surface area contributed by atoms with E-state index in [1.807, 2.05) is 42.5 Å². The van der Waals surface area contributed by atoms with Crippen molar-refractivity contribution in [3.8, 4) is 5.75 Å². The molecule has 4 heteroatoms. The van der Waals surface area contributed by atoms with Gasteiger partial charge in [0.2, 0.25) is 0 Å². The van der Waals surface area contributed by atoms with E-state index in [2.05, 4.69) is 22.3 Å². The van der Waals surface area contributed by atoms with Gasteiger partial charge >= 0.3 is 0 Å². The SMILES string of the molecule is C[C@H](Oc1ccccc1)C(=O)Nc1ccc(N2CCCC2)cc1. The van der Waals surface area contributed by atoms with Crippen LogP contribution in [0.4, 0.5) is 11.4 Å². The molecule has 4 nitrogen and oxygen atoms in total. The summed E-state index contributed by atoms with van der Waals surface area (Å²) in [4.78, 5) is 14.6. The molecule has 1 heterocycles. The van der Waals surface area contributed by atoms with Gasteiger partial charge in [0.15, 0.2) is 6.10 Å². The van der Waals surface area contributed by atoms with Gasteiger partial charge in [0, 0.05) is 24.5 Å². The lowest BCUT2D eigenvalue weighted by Gasteiger charge is -2.18. The van der Waals surface area contributed by atoms with Gasteiger partial charge in [-0.3, -0.25) is 4.79 Å². The summed E-state index contributed by atoms with van der Waals surface area (Å²) in [5.41, 5.74) is 2.01.